The van der Waals surface area contributed by atoms with Crippen LogP contribution < -0.4 is 0 Å². The third-order valence-electron chi connectivity index (χ3n) is 2.14. The summed E-state index contributed by atoms with van der Waals surface area (Å²) in [5.74, 6) is 0. The first-order valence-corrected chi connectivity index (χ1v) is 5.87. The molecule has 0 aromatic heterocycles. The number of hydrogen-bond donors (Lipinski definition) is 1. The zero-order chi connectivity index (χ0) is 11.6. The molecule has 1 N–H and O–H groups in total. The lowest BCUT2D eigenvalue weighted by atomic mass is 10.1. The van der Waals surface area contributed by atoms with Crippen LogP contribution >= 0.6 is 0 Å². The minimum Gasteiger partial charge on any atom is -0.385 e. The molecule has 82 valence electrons. The molecule has 0 saturated carbocycles. The highest BCUT2D eigenvalue weighted by molar-refractivity contribution is 7.89. The first-order valence-electron chi connectivity index (χ1n) is 4.72. The molecule has 1 rings (SSSR count). The van der Waals surface area contributed by atoms with Crippen molar-refractivity contribution in [2.75, 3.05) is 0 Å². The molecule has 0 bridgehead atoms. The summed E-state index contributed by atoms with van der Waals surface area (Å²) in [6.07, 6.45) is 0. The predicted octanol–water partition coefficient (Wildman–Crippen LogP) is 2.39. The van der Waals surface area contributed by atoms with Crippen molar-refractivity contribution in [3.05, 3.63) is 41.3 Å². The average Bonchev–Trinajstić information content (AvgIpc) is 2.15. The third kappa shape index (κ3) is 3.01. The Morgan fingerprint density at radius 2 is 1.80 bits per heavy atom. The standard InChI is InChI=1S/C12H16O2S/c1-9-5-7-11(8-6-9)15(14)10(2)12(3,4)13/h5-8,13H,2H2,1,3-4H3. The van der Waals surface area contributed by atoms with E-state index in [1.165, 1.54) is 0 Å². The fourth-order valence-electron chi connectivity index (χ4n) is 1.03. The van der Waals surface area contributed by atoms with Gasteiger partial charge in [0.1, 0.15) is 0 Å². The molecule has 0 radical (unpaired) electrons. The van der Waals surface area contributed by atoms with Gasteiger partial charge in [-0.2, -0.15) is 0 Å². The maximum atomic E-state index is 12.0. The highest BCUT2D eigenvalue weighted by atomic mass is 32.2. The Bertz CT molecular complexity index is 385. The summed E-state index contributed by atoms with van der Waals surface area (Å²) in [6, 6.07) is 7.38. The van der Waals surface area contributed by atoms with Crippen LogP contribution in [0.3, 0.4) is 0 Å². The maximum Gasteiger partial charge on any atom is 0.0921 e. The van der Waals surface area contributed by atoms with E-state index in [4.69, 9.17) is 0 Å². The second-order valence-electron chi connectivity index (χ2n) is 4.06. The lowest BCUT2D eigenvalue weighted by Crippen LogP contribution is -2.24. The van der Waals surface area contributed by atoms with Gasteiger partial charge < -0.3 is 5.11 Å². The molecule has 0 fully saturated rings. The summed E-state index contributed by atoms with van der Waals surface area (Å²) < 4.78 is 12.0. The normalized spacial score (nSPS) is 13.6. The van der Waals surface area contributed by atoms with Gasteiger partial charge in [0.15, 0.2) is 0 Å². The molecule has 0 amide bonds. The third-order valence-corrected chi connectivity index (χ3v) is 3.79. The molecule has 1 aromatic rings. The monoisotopic (exact) mass is 224 g/mol. The van der Waals surface area contributed by atoms with E-state index in [0.29, 0.717) is 9.80 Å². The van der Waals surface area contributed by atoms with Crippen LogP contribution in [-0.4, -0.2) is 14.9 Å². The van der Waals surface area contributed by atoms with Crippen LogP contribution in [0.4, 0.5) is 0 Å². The van der Waals surface area contributed by atoms with Crippen LogP contribution in [0.1, 0.15) is 19.4 Å². The molecule has 1 aromatic carbocycles. The zero-order valence-corrected chi connectivity index (χ0v) is 10.1. The van der Waals surface area contributed by atoms with Crippen LogP contribution in [0.25, 0.3) is 0 Å². The fourth-order valence-corrected chi connectivity index (χ4v) is 2.15. The van der Waals surface area contributed by atoms with Gasteiger partial charge in [-0.05, 0) is 32.9 Å². The Morgan fingerprint density at radius 3 is 2.20 bits per heavy atom. The molecule has 2 nitrogen and oxygen atoms in total. The van der Waals surface area contributed by atoms with Crippen molar-refractivity contribution in [2.24, 2.45) is 0 Å². The average molecular weight is 224 g/mol. The van der Waals surface area contributed by atoms with Gasteiger partial charge in [0.2, 0.25) is 0 Å². The van der Waals surface area contributed by atoms with Crippen LogP contribution in [-0.2, 0) is 10.8 Å². The van der Waals surface area contributed by atoms with E-state index < -0.39 is 16.4 Å². The maximum absolute atomic E-state index is 12.0. The Morgan fingerprint density at radius 1 is 1.33 bits per heavy atom. The minimum atomic E-state index is -1.35. The largest absolute Gasteiger partial charge is 0.385 e. The molecule has 15 heavy (non-hydrogen) atoms. The van der Waals surface area contributed by atoms with Crippen molar-refractivity contribution in [2.45, 2.75) is 31.3 Å². The van der Waals surface area contributed by atoms with Gasteiger partial charge in [-0.15, -0.1) is 0 Å². The molecular weight excluding hydrogens is 208 g/mol. The Balaban J connectivity index is 2.96. The van der Waals surface area contributed by atoms with E-state index >= 15 is 0 Å². The van der Waals surface area contributed by atoms with Crippen molar-refractivity contribution in [3.63, 3.8) is 0 Å². The molecule has 3 heteroatoms. The predicted molar refractivity (Wildman–Crippen MR) is 63.0 cm³/mol. The summed E-state index contributed by atoms with van der Waals surface area (Å²) in [5.41, 5.74) is 0.0000596. The SMILES string of the molecule is C=C(S(=O)c1ccc(C)cc1)C(C)(C)O. The van der Waals surface area contributed by atoms with Crippen LogP contribution in [0, 0.1) is 6.92 Å². The van der Waals surface area contributed by atoms with E-state index in [0.717, 1.165) is 5.56 Å². The van der Waals surface area contributed by atoms with Crippen LogP contribution in [0.5, 0.6) is 0 Å². The quantitative estimate of drug-likeness (QED) is 0.856. The summed E-state index contributed by atoms with van der Waals surface area (Å²) in [6.45, 7) is 8.81. The van der Waals surface area contributed by atoms with Gasteiger partial charge in [-0.1, -0.05) is 24.3 Å². The molecule has 0 aliphatic heterocycles. The van der Waals surface area contributed by atoms with Gasteiger partial charge in [0, 0.05) is 9.80 Å². The zero-order valence-electron chi connectivity index (χ0n) is 9.28. The van der Waals surface area contributed by atoms with E-state index in [2.05, 4.69) is 6.58 Å². The lowest BCUT2D eigenvalue weighted by molar-refractivity contribution is 0.129. The topological polar surface area (TPSA) is 37.3 Å². The fraction of sp³-hybridized carbons (Fsp3) is 0.333. The summed E-state index contributed by atoms with van der Waals surface area (Å²) in [5, 5.41) is 9.68. The molecule has 0 spiro atoms. The van der Waals surface area contributed by atoms with Crippen molar-refractivity contribution in [3.8, 4) is 0 Å². The van der Waals surface area contributed by atoms with E-state index in [-0.39, 0.29) is 0 Å². The molecule has 0 aliphatic carbocycles. The van der Waals surface area contributed by atoms with Gasteiger partial charge in [-0.3, -0.25) is 0 Å². The lowest BCUT2D eigenvalue weighted by Gasteiger charge is -2.19. The van der Waals surface area contributed by atoms with Crippen molar-refractivity contribution in [1.29, 1.82) is 0 Å². The first kappa shape index (κ1) is 12.1. The molecule has 0 heterocycles. The smallest absolute Gasteiger partial charge is 0.0921 e. The second kappa shape index (κ2) is 4.29. The first-order chi connectivity index (χ1) is 6.82. The van der Waals surface area contributed by atoms with Crippen LogP contribution in [0.15, 0.2) is 40.6 Å². The second-order valence-corrected chi connectivity index (χ2v) is 5.57. The van der Waals surface area contributed by atoms with Crippen molar-refractivity contribution >= 4 is 10.8 Å². The summed E-state index contributed by atoms with van der Waals surface area (Å²) >= 11 is 0. The molecule has 1 unspecified atom stereocenters. The summed E-state index contributed by atoms with van der Waals surface area (Å²) in [7, 11) is -1.35. The molecule has 1 atom stereocenters. The molecule has 0 aliphatic rings. The van der Waals surface area contributed by atoms with Gasteiger partial charge in [-0.25, -0.2) is 4.21 Å². The number of aliphatic hydroxyl groups is 1. The Kier molecular flexibility index (Phi) is 3.47. The van der Waals surface area contributed by atoms with Gasteiger partial charge >= 0.3 is 0 Å². The highest BCUT2D eigenvalue weighted by Gasteiger charge is 2.23. The number of hydrogen-bond acceptors (Lipinski definition) is 2. The number of aryl methyl sites for hydroxylation is 1. The Hall–Kier alpha value is -0.930. The van der Waals surface area contributed by atoms with Gasteiger partial charge in [0.25, 0.3) is 0 Å². The van der Waals surface area contributed by atoms with Crippen molar-refractivity contribution < 1.29 is 9.32 Å². The molecule has 0 saturated heterocycles. The summed E-state index contributed by atoms with van der Waals surface area (Å²) in [4.78, 5) is 0.999. The van der Waals surface area contributed by atoms with E-state index in [9.17, 15) is 9.32 Å². The van der Waals surface area contributed by atoms with Gasteiger partial charge in [0.05, 0.1) is 16.4 Å². The number of benzene rings is 1. The highest BCUT2D eigenvalue weighted by Crippen LogP contribution is 2.22. The number of rotatable bonds is 3. The van der Waals surface area contributed by atoms with E-state index in [1.807, 2.05) is 19.1 Å². The van der Waals surface area contributed by atoms with Crippen molar-refractivity contribution in [1.82, 2.24) is 0 Å². The van der Waals surface area contributed by atoms with Crippen LogP contribution in [0.2, 0.25) is 0 Å². The minimum absolute atomic E-state index is 0.325. The Labute approximate surface area is 93.1 Å². The van der Waals surface area contributed by atoms with E-state index in [1.54, 1.807) is 26.0 Å². The molecular formula is C12H16O2S.